The van der Waals surface area contributed by atoms with E-state index in [4.69, 9.17) is 0 Å². The molecule has 20 heavy (non-hydrogen) atoms. The maximum Gasteiger partial charge on any atom is 0.223 e. The van der Waals surface area contributed by atoms with Gasteiger partial charge in [-0.3, -0.25) is 9.78 Å². The Balaban J connectivity index is 1.85. The molecule has 0 saturated carbocycles. The van der Waals surface area contributed by atoms with E-state index in [-0.39, 0.29) is 0 Å². The zero-order valence-corrected chi connectivity index (χ0v) is 12.3. The number of piperidine rings is 1. The fourth-order valence-electron chi connectivity index (χ4n) is 2.88. The molecule has 0 aromatic carbocycles. The molecule has 4 heteroatoms. The summed E-state index contributed by atoms with van der Waals surface area (Å²) in [7, 11) is 1.97. The van der Waals surface area contributed by atoms with Gasteiger partial charge in [0.15, 0.2) is 0 Å². The van der Waals surface area contributed by atoms with E-state index in [1.54, 1.807) is 6.20 Å². The predicted molar refractivity (Wildman–Crippen MR) is 80.5 cm³/mol. The van der Waals surface area contributed by atoms with Crippen LogP contribution in [0.25, 0.3) is 0 Å². The van der Waals surface area contributed by atoms with Gasteiger partial charge in [0.1, 0.15) is 0 Å². The van der Waals surface area contributed by atoms with Gasteiger partial charge >= 0.3 is 0 Å². The molecule has 1 aromatic rings. The molecule has 1 N–H and O–H groups in total. The molecule has 0 radical (unpaired) electrons. The standard InChI is InChI=1S/C16H25N3O/c1-17-11-9-15-6-2-3-12-19(15)16(20)8-7-14-5-4-10-18-13-14/h4-5,10,13,15,17H,2-3,6-9,11-12H2,1H3. The molecular formula is C16H25N3O. The maximum absolute atomic E-state index is 12.4. The minimum atomic E-state index is 0.301. The van der Waals surface area contributed by atoms with Crippen LogP contribution in [0.3, 0.4) is 0 Å². The number of amides is 1. The summed E-state index contributed by atoms with van der Waals surface area (Å²) in [6.07, 6.45) is 9.63. The molecule has 0 bridgehead atoms. The maximum atomic E-state index is 12.4. The van der Waals surface area contributed by atoms with E-state index >= 15 is 0 Å². The summed E-state index contributed by atoms with van der Waals surface area (Å²) in [6, 6.07) is 4.39. The highest BCUT2D eigenvalue weighted by atomic mass is 16.2. The quantitative estimate of drug-likeness (QED) is 0.863. The average molecular weight is 275 g/mol. The van der Waals surface area contributed by atoms with Gasteiger partial charge in [-0.05, 0) is 57.3 Å². The number of pyridine rings is 1. The Morgan fingerprint density at radius 2 is 2.40 bits per heavy atom. The summed E-state index contributed by atoms with van der Waals surface area (Å²) in [4.78, 5) is 18.6. The van der Waals surface area contributed by atoms with Gasteiger partial charge in [0.05, 0.1) is 0 Å². The minimum Gasteiger partial charge on any atom is -0.340 e. The molecule has 1 aliphatic rings. The zero-order chi connectivity index (χ0) is 14.2. The summed E-state index contributed by atoms with van der Waals surface area (Å²) in [6.45, 7) is 1.91. The van der Waals surface area contributed by atoms with E-state index < -0.39 is 0 Å². The third-order valence-electron chi connectivity index (χ3n) is 4.03. The van der Waals surface area contributed by atoms with Crippen LogP contribution in [0.5, 0.6) is 0 Å². The highest BCUT2D eigenvalue weighted by molar-refractivity contribution is 5.76. The monoisotopic (exact) mass is 275 g/mol. The van der Waals surface area contributed by atoms with Gasteiger partial charge in [0.25, 0.3) is 0 Å². The van der Waals surface area contributed by atoms with Gasteiger partial charge in [-0.25, -0.2) is 0 Å². The topological polar surface area (TPSA) is 45.2 Å². The third kappa shape index (κ3) is 4.30. The second-order valence-electron chi connectivity index (χ2n) is 5.49. The lowest BCUT2D eigenvalue weighted by Crippen LogP contribution is -2.44. The largest absolute Gasteiger partial charge is 0.340 e. The van der Waals surface area contributed by atoms with Crippen molar-refractivity contribution in [2.24, 2.45) is 0 Å². The lowest BCUT2D eigenvalue weighted by atomic mass is 9.98. The third-order valence-corrected chi connectivity index (χ3v) is 4.03. The highest BCUT2D eigenvalue weighted by Gasteiger charge is 2.25. The number of likely N-dealkylation sites (tertiary alicyclic amines) is 1. The number of carbonyl (C=O) groups is 1. The fourth-order valence-corrected chi connectivity index (χ4v) is 2.88. The number of rotatable bonds is 6. The number of nitrogens with one attached hydrogen (secondary N) is 1. The van der Waals surface area contributed by atoms with Crippen LogP contribution in [0.2, 0.25) is 0 Å². The lowest BCUT2D eigenvalue weighted by Gasteiger charge is -2.36. The smallest absolute Gasteiger partial charge is 0.223 e. The Morgan fingerprint density at radius 1 is 1.50 bits per heavy atom. The van der Waals surface area contributed by atoms with Crippen LogP contribution >= 0.6 is 0 Å². The number of hydrogen-bond donors (Lipinski definition) is 1. The normalized spacial score (nSPS) is 19.1. The first-order valence-corrected chi connectivity index (χ1v) is 7.64. The fraction of sp³-hybridized carbons (Fsp3) is 0.625. The predicted octanol–water partition coefficient (Wildman–Crippen LogP) is 2.00. The highest BCUT2D eigenvalue weighted by Crippen LogP contribution is 2.20. The molecule has 2 rings (SSSR count). The Hall–Kier alpha value is -1.42. The molecule has 4 nitrogen and oxygen atoms in total. The first kappa shape index (κ1) is 15.0. The van der Waals surface area contributed by atoms with E-state index in [0.29, 0.717) is 18.4 Å². The van der Waals surface area contributed by atoms with Crippen molar-refractivity contribution in [1.82, 2.24) is 15.2 Å². The van der Waals surface area contributed by atoms with Gasteiger partial charge in [0.2, 0.25) is 5.91 Å². The van der Waals surface area contributed by atoms with Crippen LogP contribution in [0, 0.1) is 0 Å². The summed E-state index contributed by atoms with van der Waals surface area (Å²) < 4.78 is 0. The molecule has 1 aromatic heterocycles. The Bertz CT molecular complexity index is 407. The van der Waals surface area contributed by atoms with E-state index in [0.717, 1.165) is 44.3 Å². The van der Waals surface area contributed by atoms with Crippen LogP contribution in [0.4, 0.5) is 0 Å². The second kappa shape index (κ2) is 8.00. The Labute approximate surface area is 121 Å². The molecule has 1 atom stereocenters. The molecule has 0 aliphatic carbocycles. The SMILES string of the molecule is CNCCC1CCCCN1C(=O)CCc1cccnc1. The van der Waals surface area contributed by atoms with Gasteiger partial charge in [-0.2, -0.15) is 0 Å². The first-order valence-electron chi connectivity index (χ1n) is 7.64. The van der Waals surface area contributed by atoms with Gasteiger partial charge in [0, 0.05) is 31.4 Å². The molecule has 1 amide bonds. The summed E-state index contributed by atoms with van der Waals surface area (Å²) in [5.74, 6) is 0.301. The number of aromatic nitrogens is 1. The molecule has 1 unspecified atom stereocenters. The van der Waals surface area contributed by atoms with Crippen molar-refractivity contribution in [2.45, 2.75) is 44.6 Å². The van der Waals surface area contributed by atoms with Crippen LogP contribution in [-0.2, 0) is 11.2 Å². The number of hydrogen-bond acceptors (Lipinski definition) is 3. The lowest BCUT2D eigenvalue weighted by molar-refractivity contribution is -0.134. The average Bonchev–Trinajstić information content (AvgIpc) is 2.52. The molecule has 2 heterocycles. The Kier molecular flexibility index (Phi) is 5.99. The number of nitrogens with zero attached hydrogens (tertiary/aromatic N) is 2. The Morgan fingerprint density at radius 3 is 3.15 bits per heavy atom. The molecular weight excluding hydrogens is 250 g/mol. The van der Waals surface area contributed by atoms with Gasteiger partial charge < -0.3 is 10.2 Å². The zero-order valence-electron chi connectivity index (χ0n) is 12.3. The number of carbonyl (C=O) groups excluding carboxylic acids is 1. The van der Waals surface area contributed by atoms with Crippen LogP contribution in [-0.4, -0.2) is 42.0 Å². The van der Waals surface area contributed by atoms with Gasteiger partial charge in [-0.15, -0.1) is 0 Å². The molecule has 110 valence electrons. The van der Waals surface area contributed by atoms with Gasteiger partial charge in [-0.1, -0.05) is 6.07 Å². The molecule has 0 spiro atoms. The van der Waals surface area contributed by atoms with Crippen molar-refractivity contribution < 1.29 is 4.79 Å². The van der Waals surface area contributed by atoms with Crippen LogP contribution in [0.15, 0.2) is 24.5 Å². The molecule has 1 saturated heterocycles. The van der Waals surface area contributed by atoms with E-state index in [1.807, 2.05) is 25.4 Å². The number of aryl methyl sites for hydroxylation is 1. The van der Waals surface area contributed by atoms with E-state index in [9.17, 15) is 4.79 Å². The minimum absolute atomic E-state index is 0.301. The van der Waals surface area contributed by atoms with Crippen molar-refractivity contribution in [2.75, 3.05) is 20.1 Å². The van der Waals surface area contributed by atoms with Crippen molar-refractivity contribution in [3.05, 3.63) is 30.1 Å². The van der Waals surface area contributed by atoms with Crippen LogP contribution in [0.1, 0.15) is 37.7 Å². The van der Waals surface area contributed by atoms with Crippen molar-refractivity contribution in [3.8, 4) is 0 Å². The van der Waals surface area contributed by atoms with E-state index in [2.05, 4.69) is 15.2 Å². The van der Waals surface area contributed by atoms with Crippen molar-refractivity contribution in [3.63, 3.8) is 0 Å². The summed E-state index contributed by atoms with van der Waals surface area (Å²) >= 11 is 0. The first-order chi connectivity index (χ1) is 9.81. The van der Waals surface area contributed by atoms with Crippen molar-refractivity contribution in [1.29, 1.82) is 0 Å². The summed E-state index contributed by atoms with van der Waals surface area (Å²) in [5, 5.41) is 3.19. The van der Waals surface area contributed by atoms with E-state index in [1.165, 1.54) is 6.42 Å². The van der Waals surface area contributed by atoms with Crippen molar-refractivity contribution >= 4 is 5.91 Å². The summed E-state index contributed by atoms with van der Waals surface area (Å²) in [5.41, 5.74) is 1.14. The second-order valence-corrected chi connectivity index (χ2v) is 5.49. The van der Waals surface area contributed by atoms with Crippen LogP contribution < -0.4 is 5.32 Å². The molecule has 1 aliphatic heterocycles. The molecule has 1 fully saturated rings.